The maximum absolute atomic E-state index is 10.1. The van der Waals surface area contributed by atoms with Crippen LogP contribution in [0.2, 0.25) is 0 Å². The van der Waals surface area contributed by atoms with E-state index < -0.39 is 35.4 Å². The van der Waals surface area contributed by atoms with Gasteiger partial charge in [-0.05, 0) is 0 Å². The van der Waals surface area contributed by atoms with E-state index in [0.717, 1.165) is 0 Å². The topological polar surface area (TPSA) is 144 Å². The van der Waals surface area contributed by atoms with Crippen LogP contribution in [0, 0.1) is 16.0 Å². The minimum absolute atomic E-state index is 1.06. The zero-order valence-electron chi connectivity index (χ0n) is 6.21. The van der Waals surface area contributed by atoms with E-state index in [2.05, 4.69) is 0 Å². The molecule has 2 atom stereocenters. The summed E-state index contributed by atoms with van der Waals surface area (Å²) in [5.41, 5.74) is 0. The smallest absolute Gasteiger partial charge is 0.214 e. The number of rotatable bonds is 5. The second-order valence-corrected chi connectivity index (χ2v) is 2.20. The van der Waals surface area contributed by atoms with Gasteiger partial charge in [-0.3, -0.25) is 10.1 Å². The summed E-state index contributed by atoms with van der Waals surface area (Å²) in [4.78, 5) is 28.8. The molecule has 0 amide bonds. The number of carbonyl (C=O) groups excluding carboxylic acids is 2. The monoisotopic (exact) mass is 191 g/mol. The van der Waals surface area contributed by atoms with Crippen LogP contribution in [-0.4, -0.2) is 34.6 Å². The second kappa shape index (κ2) is 4.36. The molecule has 8 nitrogen and oxygen atoms in total. The van der Waals surface area contributed by atoms with Crippen LogP contribution in [0.5, 0.6) is 0 Å². The van der Waals surface area contributed by atoms with Crippen molar-refractivity contribution in [3.63, 3.8) is 0 Å². The lowest BCUT2D eigenvalue weighted by Crippen LogP contribution is -2.50. The molecule has 0 aliphatic heterocycles. The first-order chi connectivity index (χ1) is 5.86. The van der Waals surface area contributed by atoms with Crippen LogP contribution >= 0.6 is 0 Å². The Bertz CT molecular complexity index is 237. The SMILES string of the molecule is O=C([O-])C(O)[C@H](C[N+](=O)[O-])C(=O)[O-]. The number of nitro groups is 1. The normalized spacial score (nSPS) is 14.5. The van der Waals surface area contributed by atoms with Crippen molar-refractivity contribution in [1.82, 2.24) is 0 Å². The highest BCUT2D eigenvalue weighted by Gasteiger charge is 2.26. The summed E-state index contributed by atoms with van der Waals surface area (Å²) in [6.07, 6.45) is -2.43. The van der Waals surface area contributed by atoms with Gasteiger partial charge in [0.25, 0.3) is 0 Å². The molecule has 0 fully saturated rings. The number of hydrogen-bond donors (Lipinski definition) is 1. The Morgan fingerprint density at radius 3 is 2.00 bits per heavy atom. The van der Waals surface area contributed by atoms with E-state index in [9.17, 15) is 29.9 Å². The lowest BCUT2D eigenvalue weighted by atomic mass is 10.0. The highest BCUT2D eigenvalue weighted by Crippen LogP contribution is 2.02. The van der Waals surface area contributed by atoms with Crippen molar-refractivity contribution in [3.05, 3.63) is 10.1 Å². The number of nitrogens with zero attached hydrogens (tertiary/aromatic N) is 1. The summed E-state index contributed by atoms with van der Waals surface area (Å²) in [5, 5.41) is 38.5. The summed E-state index contributed by atoms with van der Waals surface area (Å²) < 4.78 is 0. The third-order valence-electron chi connectivity index (χ3n) is 1.27. The first kappa shape index (κ1) is 11.3. The van der Waals surface area contributed by atoms with Crippen LogP contribution in [0.3, 0.4) is 0 Å². The first-order valence-corrected chi connectivity index (χ1v) is 3.08. The van der Waals surface area contributed by atoms with Crippen molar-refractivity contribution in [1.29, 1.82) is 0 Å². The zero-order valence-corrected chi connectivity index (χ0v) is 6.21. The van der Waals surface area contributed by atoms with Gasteiger partial charge in [0.2, 0.25) is 6.54 Å². The van der Waals surface area contributed by atoms with E-state index >= 15 is 0 Å². The molecule has 74 valence electrons. The molecule has 13 heavy (non-hydrogen) atoms. The average molecular weight is 191 g/mol. The molecule has 0 saturated heterocycles. The summed E-state index contributed by atoms with van der Waals surface area (Å²) in [5.74, 6) is -6.19. The highest BCUT2D eigenvalue weighted by molar-refractivity contribution is 5.79. The number of carboxylic acids is 2. The van der Waals surface area contributed by atoms with Crippen LogP contribution in [0.25, 0.3) is 0 Å². The fraction of sp³-hybridized carbons (Fsp3) is 0.600. The Kier molecular flexibility index (Phi) is 3.79. The van der Waals surface area contributed by atoms with Gasteiger partial charge in [0, 0.05) is 4.92 Å². The van der Waals surface area contributed by atoms with E-state index in [1.165, 1.54) is 0 Å². The van der Waals surface area contributed by atoms with E-state index in [0.29, 0.717) is 0 Å². The zero-order chi connectivity index (χ0) is 10.6. The van der Waals surface area contributed by atoms with Crippen molar-refractivity contribution in [3.8, 4) is 0 Å². The van der Waals surface area contributed by atoms with E-state index in [-0.39, 0.29) is 0 Å². The van der Waals surface area contributed by atoms with Gasteiger partial charge in [-0.1, -0.05) is 0 Å². The average Bonchev–Trinajstić information content (AvgIpc) is 1.97. The van der Waals surface area contributed by atoms with Crippen LogP contribution in [0.1, 0.15) is 0 Å². The molecule has 1 N–H and O–H groups in total. The Hall–Kier alpha value is -1.70. The van der Waals surface area contributed by atoms with Crippen LogP contribution in [0.15, 0.2) is 0 Å². The summed E-state index contributed by atoms with van der Waals surface area (Å²) in [7, 11) is 0. The number of hydrogen-bond acceptors (Lipinski definition) is 7. The molecule has 0 aliphatic carbocycles. The number of aliphatic hydroxyl groups excluding tert-OH is 1. The van der Waals surface area contributed by atoms with Gasteiger partial charge in [-0.15, -0.1) is 0 Å². The number of aliphatic carboxylic acids is 2. The predicted molar refractivity (Wildman–Crippen MR) is 31.4 cm³/mol. The largest absolute Gasteiger partial charge is 0.549 e. The molecule has 0 aromatic heterocycles. The molecule has 0 aromatic rings. The van der Waals surface area contributed by atoms with Crippen LogP contribution in [0.4, 0.5) is 0 Å². The van der Waals surface area contributed by atoms with Crippen molar-refractivity contribution in [2.45, 2.75) is 6.10 Å². The summed E-state index contributed by atoms with van der Waals surface area (Å²) in [6.45, 7) is -1.22. The van der Waals surface area contributed by atoms with Crippen molar-refractivity contribution < 1.29 is 29.8 Å². The minimum Gasteiger partial charge on any atom is -0.549 e. The molecule has 0 radical (unpaired) electrons. The van der Waals surface area contributed by atoms with Gasteiger partial charge < -0.3 is 24.9 Å². The molecular formula is C5H5NO7-2. The maximum Gasteiger partial charge on any atom is 0.214 e. The van der Waals surface area contributed by atoms with Crippen molar-refractivity contribution >= 4 is 11.9 Å². The van der Waals surface area contributed by atoms with Crippen molar-refractivity contribution in [2.24, 2.45) is 5.92 Å². The van der Waals surface area contributed by atoms with Crippen molar-refractivity contribution in [2.75, 3.05) is 6.54 Å². The molecule has 0 rings (SSSR count). The fourth-order valence-corrected chi connectivity index (χ4v) is 0.628. The highest BCUT2D eigenvalue weighted by atomic mass is 16.6. The molecular weight excluding hydrogens is 186 g/mol. The third-order valence-corrected chi connectivity index (χ3v) is 1.27. The Morgan fingerprint density at radius 1 is 1.31 bits per heavy atom. The van der Waals surface area contributed by atoms with E-state index in [1.54, 1.807) is 0 Å². The van der Waals surface area contributed by atoms with Crippen LogP contribution < -0.4 is 10.2 Å². The quantitative estimate of drug-likeness (QED) is 0.342. The third kappa shape index (κ3) is 3.47. The van der Waals surface area contributed by atoms with E-state index in [4.69, 9.17) is 5.11 Å². The Balaban J connectivity index is 4.51. The number of aliphatic hydroxyl groups is 1. The maximum atomic E-state index is 10.1. The summed E-state index contributed by atoms with van der Waals surface area (Å²) in [6, 6.07) is 0. The standard InChI is InChI=1S/C5H7NO7/c7-3(5(10)11)2(4(8)9)1-6(12)13/h2-3,7H,1H2,(H,8,9)(H,10,11)/p-2/t2-,3?/m0/s1. The Morgan fingerprint density at radius 2 is 1.77 bits per heavy atom. The van der Waals surface area contributed by atoms with Gasteiger partial charge in [-0.2, -0.15) is 0 Å². The molecule has 0 aromatic carbocycles. The molecule has 0 saturated carbocycles. The molecule has 1 unspecified atom stereocenters. The van der Waals surface area contributed by atoms with Crippen LogP contribution in [-0.2, 0) is 9.59 Å². The lowest BCUT2D eigenvalue weighted by molar-refractivity contribution is -0.491. The molecule has 0 bridgehead atoms. The molecule has 0 spiro atoms. The van der Waals surface area contributed by atoms with E-state index in [1.807, 2.05) is 0 Å². The van der Waals surface area contributed by atoms with Gasteiger partial charge in [0.1, 0.15) is 6.10 Å². The molecule has 0 aliphatic rings. The van der Waals surface area contributed by atoms with Gasteiger partial charge in [-0.25, -0.2) is 0 Å². The first-order valence-electron chi connectivity index (χ1n) is 3.08. The lowest BCUT2D eigenvalue weighted by Gasteiger charge is -2.20. The fourth-order valence-electron chi connectivity index (χ4n) is 0.628. The summed E-state index contributed by atoms with van der Waals surface area (Å²) >= 11 is 0. The molecule has 0 heterocycles. The predicted octanol–water partition coefficient (Wildman–Crippen LogP) is -4.26. The number of carboxylic acid groups (broad SMARTS) is 2. The second-order valence-electron chi connectivity index (χ2n) is 2.20. The number of carbonyl (C=O) groups is 2. The Labute approximate surface area is 71.6 Å². The van der Waals surface area contributed by atoms with Gasteiger partial charge >= 0.3 is 0 Å². The van der Waals surface area contributed by atoms with Gasteiger partial charge in [0.05, 0.1) is 17.9 Å². The molecule has 8 heteroatoms. The minimum atomic E-state index is -2.43. The van der Waals surface area contributed by atoms with Gasteiger partial charge in [0.15, 0.2) is 0 Å².